The molecule has 32 heavy (non-hydrogen) atoms. The molecule has 1 fully saturated rings. The van der Waals surface area contributed by atoms with E-state index in [-0.39, 0.29) is 11.8 Å². The van der Waals surface area contributed by atoms with Crippen molar-refractivity contribution >= 4 is 46.2 Å². The van der Waals surface area contributed by atoms with Crippen LogP contribution in [0.25, 0.3) is 6.08 Å². The highest BCUT2D eigenvalue weighted by molar-refractivity contribution is 8.26. The van der Waals surface area contributed by atoms with Crippen molar-refractivity contribution in [3.63, 3.8) is 0 Å². The van der Waals surface area contributed by atoms with Gasteiger partial charge in [-0.05, 0) is 43.9 Å². The van der Waals surface area contributed by atoms with Gasteiger partial charge in [0.25, 0.3) is 5.91 Å². The maximum Gasteiger partial charge on any atom is 0.266 e. The van der Waals surface area contributed by atoms with Crippen LogP contribution < -0.4 is 0 Å². The van der Waals surface area contributed by atoms with Crippen molar-refractivity contribution in [1.29, 1.82) is 0 Å². The number of carbonyl (C=O) groups is 2. The topological polar surface area (TPSA) is 40.6 Å². The predicted molar refractivity (Wildman–Crippen MR) is 137 cm³/mol. The molecule has 2 aromatic carbocycles. The average molecular weight is 467 g/mol. The molecule has 0 N–H and O–H groups in total. The van der Waals surface area contributed by atoms with Gasteiger partial charge in [-0.15, -0.1) is 0 Å². The van der Waals surface area contributed by atoms with Gasteiger partial charge in [0, 0.05) is 26.1 Å². The van der Waals surface area contributed by atoms with Crippen LogP contribution in [0.4, 0.5) is 0 Å². The first-order valence-electron chi connectivity index (χ1n) is 11.1. The SMILES string of the molecule is CCN(Cc1ccccc1)C(=O)CCCCCN1C(=O)C(=Cc2ccc(C)cc2)SC1=S. The normalized spacial score (nSPS) is 14.9. The summed E-state index contributed by atoms with van der Waals surface area (Å²) >= 11 is 6.80. The van der Waals surface area contributed by atoms with E-state index in [9.17, 15) is 9.59 Å². The van der Waals surface area contributed by atoms with Crippen molar-refractivity contribution in [2.45, 2.75) is 46.1 Å². The molecule has 4 nitrogen and oxygen atoms in total. The number of thioether (sulfide) groups is 1. The molecule has 0 unspecified atom stereocenters. The van der Waals surface area contributed by atoms with Gasteiger partial charge in [-0.2, -0.15) is 0 Å². The van der Waals surface area contributed by atoms with Gasteiger partial charge in [0.1, 0.15) is 4.32 Å². The van der Waals surface area contributed by atoms with Gasteiger partial charge in [0.15, 0.2) is 0 Å². The molecule has 6 heteroatoms. The highest BCUT2D eigenvalue weighted by Gasteiger charge is 2.31. The summed E-state index contributed by atoms with van der Waals surface area (Å²) in [6, 6.07) is 18.2. The third-order valence-electron chi connectivity index (χ3n) is 5.47. The molecule has 0 aliphatic carbocycles. The zero-order valence-corrected chi connectivity index (χ0v) is 20.4. The Morgan fingerprint density at radius 1 is 1.06 bits per heavy atom. The summed E-state index contributed by atoms with van der Waals surface area (Å²) in [6.07, 6.45) is 4.99. The van der Waals surface area contributed by atoms with E-state index in [2.05, 4.69) is 0 Å². The largest absolute Gasteiger partial charge is 0.339 e. The molecule has 0 saturated carbocycles. The number of carbonyl (C=O) groups excluding carboxylic acids is 2. The summed E-state index contributed by atoms with van der Waals surface area (Å²) in [7, 11) is 0. The lowest BCUT2D eigenvalue weighted by atomic mass is 10.1. The lowest BCUT2D eigenvalue weighted by molar-refractivity contribution is -0.131. The summed E-state index contributed by atoms with van der Waals surface area (Å²) < 4.78 is 0.615. The van der Waals surface area contributed by atoms with E-state index in [0.29, 0.717) is 35.3 Å². The van der Waals surface area contributed by atoms with Crippen LogP contribution >= 0.6 is 24.0 Å². The van der Waals surface area contributed by atoms with Crippen molar-refractivity contribution < 1.29 is 9.59 Å². The number of hydrogen-bond donors (Lipinski definition) is 0. The molecule has 168 valence electrons. The van der Waals surface area contributed by atoms with Crippen LogP contribution in [0.2, 0.25) is 0 Å². The molecule has 3 rings (SSSR count). The molecule has 1 heterocycles. The monoisotopic (exact) mass is 466 g/mol. The molecule has 0 radical (unpaired) electrons. The van der Waals surface area contributed by atoms with Crippen LogP contribution in [-0.2, 0) is 16.1 Å². The molecule has 0 spiro atoms. The van der Waals surface area contributed by atoms with Gasteiger partial charge >= 0.3 is 0 Å². The fourth-order valence-corrected chi connectivity index (χ4v) is 4.88. The van der Waals surface area contributed by atoms with Gasteiger partial charge in [-0.1, -0.05) is 90.6 Å². The Hall–Kier alpha value is -2.44. The fraction of sp³-hybridized carbons (Fsp3) is 0.346. The maximum absolute atomic E-state index is 12.7. The van der Waals surface area contributed by atoms with Crippen molar-refractivity contribution in [2.75, 3.05) is 13.1 Å². The number of benzene rings is 2. The number of amides is 2. The zero-order valence-electron chi connectivity index (χ0n) is 18.8. The Morgan fingerprint density at radius 2 is 1.78 bits per heavy atom. The second kappa shape index (κ2) is 12.0. The van der Waals surface area contributed by atoms with Crippen LogP contribution in [0.5, 0.6) is 0 Å². The summed E-state index contributed by atoms with van der Waals surface area (Å²) in [4.78, 5) is 29.6. The average Bonchev–Trinajstić information content (AvgIpc) is 3.06. The number of nitrogens with zero attached hydrogens (tertiary/aromatic N) is 2. The van der Waals surface area contributed by atoms with Crippen LogP contribution in [0.3, 0.4) is 0 Å². The second-order valence-electron chi connectivity index (χ2n) is 7.95. The number of hydrogen-bond acceptors (Lipinski definition) is 4. The van der Waals surface area contributed by atoms with E-state index in [1.165, 1.54) is 17.3 Å². The quantitative estimate of drug-likeness (QED) is 0.252. The van der Waals surface area contributed by atoms with Gasteiger partial charge in [-0.3, -0.25) is 14.5 Å². The summed E-state index contributed by atoms with van der Waals surface area (Å²) in [6.45, 7) is 6.02. The molecular formula is C26H30N2O2S2. The minimum absolute atomic E-state index is 0.0170. The highest BCUT2D eigenvalue weighted by Crippen LogP contribution is 2.32. The predicted octanol–water partition coefficient (Wildman–Crippen LogP) is 5.81. The van der Waals surface area contributed by atoms with E-state index >= 15 is 0 Å². The lowest BCUT2D eigenvalue weighted by Gasteiger charge is -2.21. The first-order chi connectivity index (χ1) is 15.5. The molecule has 0 atom stereocenters. The standard InChI is InChI=1S/C26H30N2O2S2/c1-3-27(19-22-10-6-4-7-11-22)24(29)12-8-5-9-17-28-25(30)23(32-26(28)31)18-21-15-13-20(2)14-16-21/h4,6-7,10-11,13-16,18H,3,5,8-9,12,17,19H2,1-2H3. The second-order valence-corrected chi connectivity index (χ2v) is 9.62. The fourth-order valence-electron chi connectivity index (χ4n) is 3.57. The van der Waals surface area contributed by atoms with Crippen molar-refractivity contribution in [2.24, 2.45) is 0 Å². The van der Waals surface area contributed by atoms with E-state index in [1.54, 1.807) is 4.90 Å². The Labute approximate surface area is 200 Å². The number of unbranched alkanes of at least 4 members (excludes halogenated alkanes) is 2. The molecule has 0 aromatic heterocycles. The molecule has 1 aliphatic rings. The third kappa shape index (κ3) is 6.78. The highest BCUT2D eigenvalue weighted by atomic mass is 32.2. The first-order valence-corrected chi connectivity index (χ1v) is 12.3. The van der Waals surface area contributed by atoms with Crippen LogP contribution in [0.1, 0.15) is 49.3 Å². The van der Waals surface area contributed by atoms with Crippen LogP contribution in [0.15, 0.2) is 59.5 Å². The number of thiocarbonyl (C=S) groups is 1. The molecule has 1 saturated heterocycles. The first kappa shape index (κ1) is 24.2. The summed E-state index contributed by atoms with van der Waals surface area (Å²) in [5.74, 6) is 0.166. The molecule has 0 bridgehead atoms. The van der Waals surface area contributed by atoms with Gasteiger partial charge in [0.2, 0.25) is 5.91 Å². The maximum atomic E-state index is 12.7. The number of rotatable bonds is 10. The van der Waals surface area contributed by atoms with Crippen molar-refractivity contribution in [3.8, 4) is 0 Å². The van der Waals surface area contributed by atoms with Gasteiger partial charge in [0.05, 0.1) is 4.91 Å². The molecule has 1 aliphatic heterocycles. The van der Waals surface area contributed by atoms with Gasteiger partial charge < -0.3 is 4.90 Å². The lowest BCUT2D eigenvalue weighted by Crippen LogP contribution is -2.30. The van der Waals surface area contributed by atoms with E-state index in [0.717, 1.165) is 30.4 Å². The van der Waals surface area contributed by atoms with Crippen LogP contribution in [-0.4, -0.2) is 39.0 Å². The Morgan fingerprint density at radius 3 is 2.47 bits per heavy atom. The number of aryl methyl sites for hydroxylation is 1. The van der Waals surface area contributed by atoms with Crippen molar-refractivity contribution in [1.82, 2.24) is 9.80 Å². The zero-order chi connectivity index (χ0) is 22.9. The van der Waals surface area contributed by atoms with Gasteiger partial charge in [-0.25, -0.2) is 0 Å². The molecule has 2 amide bonds. The minimum Gasteiger partial charge on any atom is -0.339 e. The van der Waals surface area contributed by atoms with E-state index < -0.39 is 0 Å². The van der Waals surface area contributed by atoms with E-state index in [4.69, 9.17) is 12.2 Å². The van der Waals surface area contributed by atoms with E-state index in [1.807, 2.05) is 79.4 Å². The third-order valence-corrected chi connectivity index (χ3v) is 6.85. The molecular weight excluding hydrogens is 436 g/mol. The Kier molecular flexibility index (Phi) is 9.06. The Bertz CT molecular complexity index is 971. The molecule has 2 aromatic rings. The van der Waals surface area contributed by atoms with Crippen LogP contribution in [0, 0.1) is 6.92 Å². The minimum atomic E-state index is -0.0170. The Balaban J connectivity index is 1.42. The summed E-state index contributed by atoms with van der Waals surface area (Å²) in [5, 5.41) is 0. The van der Waals surface area contributed by atoms with Crippen molar-refractivity contribution in [3.05, 3.63) is 76.2 Å². The summed E-state index contributed by atoms with van der Waals surface area (Å²) in [5.41, 5.74) is 3.34. The smallest absolute Gasteiger partial charge is 0.266 e.